The van der Waals surface area contributed by atoms with E-state index < -0.39 is 6.04 Å². The van der Waals surface area contributed by atoms with Gasteiger partial charge in [0, 0.05) is 24.6 Å². The third-order valence-corrected chi connectivity index (χ3v) is 5.67. The molecule has 31 heavy (non-hydrogen) atoms. The Morgan fingerprint density at radius 2 is 1.94 bits per heavy atom. The van der Waals surface area contributed by atoms with E-state index in [9.17, 15) is 4.79 Å². The van der Waals surface area contributed by atoms with Crippen LogP contribution in [0.15, 0.2) is 55.1 Å². The Labute approximate surface area is 183 Å². The lowest BCUT2D eigenvalue weighted by Crippen LogP contribution is -2.43. The van der Waals surface area contributed by atoms with Gasteiger partial charge >= 0.3 is 0 Å². The number of aromatic nitrogens is 4. The number of nitrogens with zero attached hydrogens (tertiary/aromatic N) is 5. The van der Waals surface area contributed by atoms with Crippen LogP contribution < -0.4 is 5.32 Å². The largest absolute Gasteiger partial charge is 0.354 e. The summed E-state index contributed by atoms with van der Waals surface area (Å²) >= 11 is 0. The highest BCUT2D eigenvalue weighted by Crippen LogP contribution is 2.25. The second kappa shape index (κ2) is 10.3. The predicted molar refractivity (Wildman–Crippen MR) is 120 cm³/mol. The van der Waals surface area contributed by atoms with E-state index in [1.54, 1.807) is 17.1 Å². The normalized spacial score (nSPS) is 15.5. The molecule has 1 amide bonds. The molecule has 1 unspecified atom stereocenters. The number of benzene rings is 1. The number of carbonyl (C=O) groups excluding carboxylic acids is 1. The Kier molecular flexibility index (Phi) is 7.04. The van der Waals surface area contributed by atoms with Crippen molar-refractivity contribution < 1.29 is 4.79 Å². The van der Waals surface area contributed by atoms with E-state index >= 15 is 0 Å². The molecule has 1 aliphatic rings. The molecule has 0 bridgehead atoms. The van der Waals surface area contributed by atoms with Gasteiger partial charge in [-0.25, -0.2) is 15.0 Å². The van der Waals surface area contributed by atoms with Crippen molar-refractivity contribution in [3.05, 3.63) is 72.1 Å². The number of piperidine rings is 1. The van der Waals surface area contributed by atoms with Crippen LogP contribution in [-0.2, 0) is 11.2 Å². The quantitative estimate of drug-likeness (QED) is 0.569. The maximum absolute atomic E-state index is 13.3. The van der Waals surface area contributed by atoms with Gasteiger partial charge in [-0.2, -0.15) is 0 Å². The molecule has 162 valence electrons. The fourth-order valence-electron chi connectivity index (χ4n) is 4.12. The SMILES string of the molecule is Cc1cc(C(C(=O)NCCCc2ccccc2)N2CCCCC2)nc(-n2ccnc2)n1. The first-order chi connectivity index (χ1) is 15.2. The van der Waals surface area contributed by atoms with Gasteiger partial charge in [-0.15, -0.1) is 0 Å². The van der Waals surface area contributed by atoms with Gasteiger partial charge < -0.3 is 5.32 Å². The van der Waals surface area contributed by atoms with Gasteiger partial charge in [0.1, 0.15) is 12.4 Å². The number of carbonyl (C=O) groups is 1. The molecular formula is C24H30N6O. The number of rotatable bonds is 8. The van der Waals surface area contributed by atoms with Crippen molar-refractivity contribution in [1.82, 2.24) is 29.7 Å². The molecule has 3 aromatic rings. The van der Waals surface area contributed by atoms with Crippen LogP contribution in [0.3, 0.4) is 0 Å². The first kappa shape index (κ1) is 21.2. The number of hydrogen-bond donors (Lipinski definition) is 1. The summed E-state index contributed by atoms with van der Waals surface area (Å²) in [6, 6.07) is 11.9. The Hall–Kier alpha value is -3.06. The minimum Gasteiger partial charge on any atom is -0.354 e. The molecule has 0 saturated carbocycles. The van der Waals surface area contributed by atoms with E-state index in [-0.39, 0.29) is 5.91 Å². The fraction of sp³-hybridized carbons (Fsp3) is 0.417. The molecule has 0 radical (unpaired) electrons. The third-order valence-electron chi connectivity index (χ3n) is 5.67. The van der Waals surface area contributed by atoms with E-state index in [1.807, 2.05) is 25.3 Å². The van der Waals surface area contributed by atoms with E-state index in [0.717, 1.165) is 50.2 Å². The standard InChI is InChI=1S/C24H30N6O/c1-19-17-21(28-24(27-19)30-16-13-25-18-30)22(29-14-6-3-7-15-29)23(31)26-12-8-11-20-9-4-2-5-10-20/h2,4-5,9-10,13,16-18,22H,3,6-8,11-12,14-15H2,1H3,(H,26,31). The number of nitrogens with one attached hydrogen (secondary N) is 1. The van der Waals surface area contributed by atoms with Crippen LogP contribution in [0, 0.1) is 6.92 Å². The van der Waals surface area contributed by atoms with E-state index in [0.29, 0.717) is 12.5 Å². The maximum atomic E-state index is 13.3. The molecule has 7 nitrogen and oxygen atoms in total. The number of imidazole rings is 1. The minimum atomic E-state index is -0.402. The average molecular weight is 419 g/mol. The van der Waals surface area contributed by atoms with Crippen molar-refractivity contribution in [2.45, 2.75) is 45.1 Å². The van der Waals surface area contributed by atoms with Gasteiger partial charge in [0.15, 0.2) is 0 Å². The number of aryl methyl sites for hydroxylation is 2. The summed E-state index contributed by atoms with van der Waals surface area (Å²) in [6.45, 7) is 4.41. The molecule has 0 spiro atoms. The summed E-state index contributed by atoms with van der Waals surface area (Å²) in [4.78, 5) is 29.0. The van der Waals surface area contributed by atoms with Gasteiger partial charge in [0.05, 0.1) is 5.69 Å². The fourth-order valence-corrected chi connectivity index (χ4v) is 4.12. The van der Waals surface area contributed by atoms with Gasteiger partial charge in [0.2, 0.25) is 11.9 Å². The van der Waals surface area contributed by atoms with E-state index in [1.165, 1.54) is 12.0 Å². The molecule has 1 atom stereocenters. The number of amides is 1. The van der Waals surface area contributed by atoms with Crippen molar-refractivity contribution in [3.63, 3.8) is 0 Å². The average Bonchev–Trinajstić information content (AvgIpc) is 3.33. The van der Waals surface area contributed by atoms with E-state index in [4.69, 9.17) is 4.98 Å². The van der Waals surface area contributed by atoms with Crippen molar-refractivity contribution in [3.8, 4) is 5.95 Å². The Morgan fingerprint density at radius 3 is 2.68 bits per heavy atom. The molecule has 1 N–H and O–H groups in total. The number of likely N-dealkylation sites (tertiary alicyclic amines) is 1. The smallest absolute Gasteiger partial charge is 0.243 e. The van der Waals surface area contributed by atoms with Gasteiger partial charge in [-0.3, -0.25) is 14.3 Å². The Bertz CT molecular complexity index is 967. The first-order valence-electron chi connectivity index (χ1n) is 11.1. The van der Waals surface area contributed by atoms with Crippen molar-refractivity contribution in [2.75, 3.05) is 19.6 Å². The molecule has 1 saturated heterocycles. The summed E-state index contributed by atoms with van der Waals surface area (Å²) in [5.41, 5.74) is 2.88. The molecule has 1 fully saturated rings. The van der Waals surface area contributed by atoms with Gasteiger partial charge in [0.25, 0.3) is 0 Å². The lowest BCUT2D eigenvalue weighted by Gasteiger charge is -2.33. The van der Waals surface area contributed by atoms with Crippen LogP contribution in [0.4, 0.5) is 0 Å². The molecule has 0 aliphatic carbocycles. The molecule has 4 rings (SSSR count). The minimum absolute atomic E-state index is 0.0182. The topological polar surface area (TPSA) is 75.9 Å². The Balaban J connectivity index is 1.50. The summed E-state index contributed by atoms with van der Waals surface area (Å²) in [5, 5.41) is 3.16. The summed E-state index contributed by atoms with van der Waals surface area (Å²) in [7, 11) is 0. The van der Waals surface area contributed by atoms with Crippen LogP contribution in [0.5, 0.6) is 0 Å². The van der Waals surface area contributed by atoms with Crippen LogP contribution in [0.25, 0.3) is 5.95 Å². The van der Waals surface area contributed by atoms with Crippen molar-refractivity contribution in [2.24, 2.45) is 0 Å². The highest BCUT2D eigenvalue weighted by Gasteiger charge is 2.30. The molecule has 3 heterocycles. The summed E-state index contributed by atoms with van der Waals surface area (Å²) < 4.78 is 1.78. The lowest BCUT2D eigenvalue weighted by atomic mass is 10.0. The molecular weight excluding hydrogens is 388 g/mol. The lowest BCUT2D eigenvalue weighted by molar-refractivity contribution is -0.127. The zero-order valence-corrected chi connectivity index (χ0v) is 18.1. The zero-order valence-electron chi connectivity index (χ0n) is 18.1. The highest BCUT2D eigenvalue weighted by molar-refractivity contribution is 5.82. The predicted octanol–water partition coefficient (Wildman–Crippen LogP) is 3.25. The van der Waals surface area contributed by atoms with E-state index in [2.05, 4.69) is 44.5 Å². The summed E-state index contributed by atoms with van der Waals surface area (Å²) in [5.74, 6) is 0.566. The van der Waals surface area contributed by atoms with Gasteiger partial charge in [-0.05, 0) is 57.3 Å². The third kappa shape index (κ3) is 5.55. The second-order valence-electron chi connectivity index (χ2n) is 8.08. The molecule has 7 heteroatoms. The van der Waals surface area contributed by atoms with Crippen molar-refractivity contribution >= 4 is 5.91 Å². The molecule has 2 aromatic heterocycles. The second-order valence-corrected chi connectivity index (χ2v) is 8.08. The summed E-state index contributed by atoms with van der Waals surface area (Å²) in [6.07, 6.45) is 10.5. The molecule has 1 aliphatic heterocycles. The van der Waals surface area contributed by atoms with Gasteiger partial charge in [-0.1, -0.05) is 36.8 Å². The number of hydrogen-bond acceptors (Lipinski definition) is 5. The van der Waals surface area contributed by atoms with Crippen LogP contribution in [-0.4, -0.2) is 50.0 Å². The first-order valence-corrected chi connectivity index (χ1v) is 11.1. The molecule has 1 aromatic carbocycles. The monoisotopic (exact) mass is 418 g/mol. The van der Waals surface area contributed by atoms with Crippen LogP contribution >= 0.6 is 0 Å². The van der Waals surface area contributed by atoms with Crippen LogP contribution in [0.1, 0.15) is 48.7 Å². The zero-order chi connectivity index (χ0) is 21.5. The van der Waals surface area contributed by atoms with Crippen LogP contribution in [0.2, 0.25) is 0 Å². The Morgan fingerprint density at radius 1 is 1.13 bits per heavy atom. The van der Waals surface area contributed by atoms with Crippen molar-refractivity contribution in [1.29, 1.82) is 0 Å². The highest BCUT2D eigenvalue weighted by atomic mass is 16.2. The maximum Gasteiger partial charge on any atom is 0.243 e.